The minimum atomic E-state index is -0.308. The van der Waals surface area contributed by atoms with E-state index in [1.54, 1.807) is 0 Å². The van der Waals surface area contributed by atoms with Gasteiger partial charge in [0.1, 0.15) is 0 Å². The van der Waals surface area contributed by atoms with Gasteiger partial charge in [-0.25, -0.2) is 0 Å². The second-order valence-electron chi connectivity index (χ2n) is 7.34. The number of hydrogen-bond acceptors (Lipinski definition) is 4. The van der Waals surface area contributed by atoms with E-state index in [9.17, 15) is 14.4 Å². The minimum absolute atomic E-state index is 0.0188. The van der Waals surface area contributed by atoms with Gasteiger partial charge in [0.05, 0.1) is 4.88 Å². The van der Waals surface area contributed by atoms with Gasteiger partial charge in [-0.2, -0.15) is 0 Å². The predicted molar refractivity (Wildman–Crippen MR) is 101 cm³/mol. The molecule has 3 N–H and O–H groups in total. The van der Waals surface area contributed by atoms with E-state index in [0.717, 1.165) is 19.3 Å². The molecule has 1 aromatic rings. The van der Waals surface area contributed by atoms with Crippen LogP contribution in [-0.2, 0) is 22.4 Å². The van der Waals surface area contributed by atoms with Crippen LogP contribution in [0.2, 0.25) is 0 Å². The number of carbonyl (C=O) groups is 3. The number of fused-ring (bicyclic) bond motifs is 1. The number of thiophene rings is 1. The molecule has 1 aromatic heterocycles. The van der Waals surface area contributed by atoms with Crippen molar-refractivity contribution >= 4 is 29.1 Å². The van der Waals surface area contributed by atoms with Crippen molar-refractivity contribution in [2.75, 3.05) is 6.54 Å². The van der Waals surface area contributed by atoms with Crippen LogP contribution in [0.15, 0.2) is 6.07 Å². The normalized spacial score (nSPS) is 21.7. The van der Waals surface area contributed by atoms with E-state index in [-0.39, 0.29) is 36.6 Å². The first-order valence-corrected chi connectivity index (χ1v) is 10.3. The summed E-state index contributed by atoms with van der Waals surface area (Å²) >= 11 is 1.53. The fourth-order valence-corrected chi connectivity index (χ4v) is 4.47. The van der Waals surface area contributed by atoms with E-state index >= 15 is 0 Å². The van der Waals surface area contributed by atoms with Crippen LogP contribution in [0.1, 0.15) is 65.6 Å². The maximum Gasteiger partial charge on any atom is 0.279 e. The highest BCUT2D eigenvalue weighted by molar-refractivity contribution is 7.14. The Bertz CT molecular complexity index is 660. The molecule has 1 saturated carbocycles. The predicted octanol–water partition coefficient (Wildman–Crippen LogP) is 2.33. The first-order valence-electron chi connectivity index (χ1n) is 9.53. The lowest BCUT2D eigenvalue weighted by molar-refractivity contribution is -0.123. The van der Waals surface area contributed by atoms with Gasteiger partial charge in [0, 0.05) is 23.8 Å². The zero-order chi connectivity index (χ0) is 18.5. The van der Waals surface area contributed by atoms with Crippen LogP contribution < -0.4 is 16.2 Å². The minimum Gasteiger partial charge on any atom is -0.355 e. The first kappa shape index (κ1) is 18.9. The quantitative estimate of drug-likeness (QED) is 0.688. The molecule has 0 radical (unpaired) electrons. The zero-order valence-electron chi connectivity index (χ0n) is 15.2. The molecule has 0 aromatic carbocycles. The van der Waals surface area contributed by atoms with Crippen LogP contribution in [0.25, 0.3) is 0 Å². The van der Waals surface area contributed by atoms with Crippen LogP contribution in [-0.4, -0.2) is 24.3 Å². The van der Waals surface area contributed by atoms with E-state index in [4.69, 9.17) is 0 Å². The van der Waals surface area contributed by atoms with E-state index < -0.39 is 0 Å². The smallest absolute Gasteiger partial charge is 0.279 e. The molecule has 0 aliphatic heterocycles. The van der Waals surface area contributed by atoms with Gasteiger partial charge in [0.15, 0.2) is 0 Å². The molecule has 6 nitrogen and oxygen atoms in total. The summed E-state index contributed by atoms with van der Waals surface area (Å²) in [5, 5.41) is 2.76. The third kappa shape index (κ3) is 5.06. The van der Waals surface area contributed by atoms with Crippen molar-refractivity contribution in [2.24, 2.45) is 11.8 Å². The molecule has 26 heavy (non-hydrogen) atoms. The van der Waals surface area contributed by atoms with Gasteiger partial charge in [0.2, 0.25) is 11.8 Å². The molecule has 142 valence electrons. The molecule has 3 amide bonds. The molecule has 2 aliphatic rings. The highest BCUT2D eigenvalue weighted by Crippen LogP contribution is 2.37. The summed E-state index contributed by atoms with van der Waals surface area (Å²) in [6.45, 7) is 2.33. The lowest BCUT2D eigenvalue weighted by atomic mass is 10.00. The Morgan fingerprint density at radius 1 is 1.12 bits per heavy atom. The maximum atomic E-state index is 12.3. The second-order valence-corrected chi connectivity index (χ2v) is 8.47. The Hall–Kier alpha value is -1.89. The number of rotatable bonds is 5. The van der Waals surface area contributed by atoms with Crippen LogP contribution in [0.4, 0.5) is 0 Å². The maximum absolute atomic E-state index is 12.3. The van der Waals surface area contributed by atoms with Crippen LogP contribution in [0, 0.1) is 11.8 Å². The van der Waals surface area contributed by atoms with Crippen molar-refractivity contribution in [2.45, 2.75) is 58.3 Å². The van der Waals surface area contributed by atoms with Gasteiger partial charge < -0.3 is 5.32 Å². The zero-order valence-corrected chi connectivity index (χ0v) is 16.0. The third-order valence-electron chi connectivity index (χ3n) is 5.13. The SMILES string of the molecule is C[C@H]1C[C@@H]1C(=O)NCCC(=O)NNC(=O)c1cc2c(s1)CCCCCC2. The summed E-state index contributed by atoms with van der Waals surface area (Å²) < 4.78 is 0. The van der Waals surface area contributed by atoms with Gasteiger partial charge in [-0.1, -0.05) is 19.8 Å². The van der Waals surface area contributed by atoms with Crippen molar-refractivity contribution < 1.29 is 14.4 Å². The van der Waals surface area contributed by atoms with E-state index in [1.807, 2.05) is 13.0 Å². The largest absolute Gasteiger partial charge is 0.355 e. The molecule has 2 aliphatic carbocycles. The molecular weight excluding hydrogens is 350 g/mol. The highest BCUT2D eigenvalue weighted by Gasteiger charge is 2.38. The molecule has 1 fully saturated rings. The molecule has 0 unspecified atom stereocenters. The summed E-state index contributed by atoms with van der Waals surface area (Å²) in [4.78, 5) is 37.7. The fraction of sp³-hybridized carbons (Fsp3) is 0.632. The van der Waals surface area contributed by atoms with E-state index in [2.05, 4.69) is 16.2 Å². The standard InChI is InChI=1S/C19H27N3O3S/c1-12-10-14(12)18(24)20-9-8-17(23)21-22-19(25)16-11-13-6-4-2-3-5-7-15(13)26-16/h11-12,14H,2-10H2,1H3,(H,20,24)(H,21,23)(H,22,25)/t12-,14-/m0/s1. The number of hydrogen-bond donors (Lipinski definition) is 3. The summed E-state index contributed by atoms with van der Waals surface area (Å²) in [5.74, 6) is -0.00181. The van der Waals surface area contributed by atoms with E-state index in [0.29, 0.717) is 10.8 Å². The number of nitrogens with one attached hydrogen (secondary N) is 3. The van der Waals surface area contributed by atoms with Gasteiger partial charge >= 0.3 is 0 Å². The van der Waals surface area contributed by atoms with Crippen LogP contribution >= 0.6 is 11.3 Å². The van der Waals surface area contributed by atoms with Gasteiger partial charge in [-0.3, -0.25) is 25.2 Å². The Balaban J connectivity index is 1.39. The van der Waals surface area contributed by atoms with Crippen LogP contribution in [0.5, 0.6) is 0 Å². The molecular formula is C19H27N3O3S. The Labute approximate surface area is 158 Å². The molecule has 0 spiro atoms. The monoisotopic (exact) mass is 377 g/mol. The molecule has 0 bridgehead atoms. The van der Waals surface area contributed by atoms with E-state index in [1.165, 1.54) is 47.5 Å². The Morgan fingerprint density at radius 2 is 1.85 bits per heavy atom. The van der Waals surface area contributed by atoms with Crippen molar-refractivity contribution in [3.8, 4) is 0 Å². The topological polar surface area (TPSA) is 87.3 Å². The average molecular weight is 378 g/mol. The molecule has 2 atom stereocenters. The van der Waals surface area contributed by atoms with Crippen LogP contribution in [0.3, 0.4) is 0 Å². The lowest BCUT2D eigenvalue weighted by Gasteiger charge is -2.07. The van der Waals surface area contributed by atoms with Gasteiger partial charge in [-0.15, -0.1) is 11.3 Å². The van der Waals surface area contributed by atoms with Gasteiger partial charge in [-0.05, 0) is 49.7 Å². The van der Waals surface area contributed by atoms with Gasteiger partial charge in [0.25, 0.3) is 5.91 Å². The number of carbonyl (C=O) groups excluding carboxylic acids is 3. The van der Waals surface area contributed by atoms with Crippen molar-refractivity contribution in [3.63, 3.8) is 0 Å². The second kappa shape index (κ2) is 8.66. The summed E-state index contributed by atoms with van der Waals surface area (Å²) in [5.41, 5.74) is 6.19. The molecule has 0 saturated heterocycles. The average Bonchev–Trinajstić information content (AvgIpc) is 3.21. The summed E-state index contributed by atoms with van der Waals surface area (Å²) in [7, 11) is 0. The summed E-state index contributed by atoms with van der Waals surface area (Å²) in [6, 6.07) is 1.96. The Kier molecular flexibility index (Phi) is 6.29. The van der Waals surface area contributed by atoms with Crippen molar-refractivity contribution in [3.05, 3.63) is 21.4 Å². The third-order valence-corrected chi connectivity index (χ3v) is 6.37. The molecule has 1 heterocycles. The van der Waals surface area contributed by atoms with Crippen molar-refractivity contribution in [1.82, 2.24) is 16.2 Å². The molecule has 7 heteroatoms. The molecule has 3 rings (SSSR count). The fourth-order valence-electron chi connectivity index (χ4n) is 3.32. The number of aryl methyl sites for hydroxylation is 2. The Morgan fingerprint density at radius 3 is 2.58 bits per heavy atom. The lowest BCUT2D eigenvalue weighted by Crippen LogP contribution is -2.42. The number of hydrazine groups is 1. The number of amides is 3. The first-order chi connectivity index (χ1) is 12.5. The van der Waals surface area contributed by atoms with Crippen molar-refractivity contribution in [1.29, 1.82) is 0 Å². The highest BCUT2D eigenvalue weighted by atomic mass is 32.1. The summed E-state index contributed by atoms with van der Waals surface area (Å²) in [6.07, 6.45) is 8.01.